The second-order valence-electron chi connectivity index (χ2n) is 8.04. The fourth-order valence-corrected chi connectivity index (χ4v) is 4.26. The second kappa shape index (κ2) is 8.11. The van der Waals surface area contributed by atoms with Crippen molar-refractivity contribution in [2.45, 2.75) is 19.8 Å². The van der Waals surface area contributed by atoms with E-state index in [1.54, 1.807) is 29.3 Å². The Kier molecular flexibility index (Phi) is 5.36. The number of likely N-dealkylation sites (tertiary alicyclic amines) is 1. The quantitative estimate of drug-likeness (QED) is 0.712. The molecule has 5 nitrogen and oxygen atoms in total. The molecule has 2 amide bonds. The Balaban J connectivity index is 1.63. The van der Waals surface area contributed by atoms with Gasteiger partial charge >= 0.3 is 0 Å². The first-order chi connectivity index (χ1) is 14.5. The van der Waals surface area contributed by atoms with E-state index in [1.165, 1.54) is 5.56 Å². The zero-order chi connectivity index (χ0) is 21.1. The number of amides is 2. The van der Waals surface area contributed by atoms with E-state index >= 15 is 0 Å². The van der Waals surface area contributed by atoms with Gasteiger partial charge in [-0.15, -0.1) is 0 Å². The normalized spacial score (nSPS) is 18.4. The SMILES string of the molecule is Cc1cccc(-c2ccccc2C[C@]2(C(N)=O)CCN(C(=O)c3ccccn3)C2)c1. The Morgan fingerprint density at radius 1 is 1.07 bits per heavy atom. The summed E-state index contributed by atoms with van der Waals surface area (Å²) >= 11 is 0. The van der Waals surface area contributed by atoms with Crippen molar-refractivity contribution in [3.8, 4) is 11.1 Å². The number of carbonyl (C=O) groups is 2. The highest BCUT2D eigenvalue weighted by molar-refractivity contribution is 5.93. The zero-order valence-corrected chi connectivity index (χ0v) is 17.0. The van der Waals surface area contributed by atoms with E-state index in [0.717, 1.165) is 16.7 Å². The molecule has 1 aliphatic heterocycles. The van der Waals surface area contributed by atoms with Gasteiger partial charge in [0, 0.05) is 19.3 Å². The minimum atomic E-state index is -0.787. The average molecular weight is 399 g/mol. The van der Waals surface area contributed by atoms with Crippen LogP contribution in [-0.2, 0) is 11.2 Å². The molecule has 0 unspecified atom stereocenters. The predicted molar refractivity (Wildman–Crippen MR) is 117 cm³/mol. The van der Waals surface area contributed by atoms with Crippen LogP contribution in [-0.4, -0.2) is 34.8 Å². The number of benzene rings is 2. The van der Waals surface area contributed by atoms with E-state index in [4.69, 9.17) is 5.73 Å². The summed E-state index contributed by atoms with van der Waals surface area (Å²) in [6, 6.07) is 21.7. The minimum absolute atomic E-state index is 0.161. The first-order valence-electron chi connectivity index (χ1n) is 10.1. The van der Waals surface area contributed by atoms with Crippen molar-refractivity contribution in [1.82, 2.24) is 9.88 Å². The summed E-state index contributed by atoms with van der Waals surface area (Å²) in [5.74, 6) is -0.524. The first-order valence-corrected chi connectivity index (χ1v) is 10.1. The lowest BCUT2D eigenvalue weighted by atomic mass is 9.78. The number of nitrogens with two attached hydrogens (primary N) is 1. The maximum Gasteiger partial charge on any atom is 0.272 e. The molecule has 5 heteroatoms. The van der Waals surface area contributed by atoms with Crippen LogP contribution in [0.1, 0.15) is 28.0 Å². The maximum absolute atomic E-state index is 12.8. The summed E-state index contributed by atoms with van der Waals surface area (Å²) in [5.41, 5.74) is 9.96. The summed E-state index contributed by atoms with van der Waals surface area (Å²) in [5, 5.41) is 0. The smallest absolute Gasteiger partial charge is 0.272 e. The summed E-state index contributed by atoms with van der Waals surface area (Å²) in [4.78, 5) is 31.3. The van der Waals surface area contributed by atoms with Gasteiger partial charge in [-0.2, -0.15) is 0 Å². The molecule has 0 aliphatic carbocycles. The Labute approximate surface area is 176 Å². The highest BCUT2D eigenvalue weighted by atomic mass is 16.2. The van der Waals surface area contributed by atoms with Gasteiger partial charge in [0.15, 0.2) is 0 Å². The Morgan fingerprint density at radius 3 is 2.60 bits per heavy atom. The third kappa shape index (κ3) is 3.83. The zero-order valence-electron chi connectivity index (χ0n) is 17.0. The number of aryl methyl sites for hydroxylation is 1. The van der Waals surface area contributed by atoms with Crippen LogP contribution in [0.2, 0.25) is 0 Å². The monoisotopic (exact) mass is 399 g/mol. The van der Waals surface area contributed by atoms with E-state index in [-0.39, 0.29) is 11.8 Å². The molecule has 4 rings (SSSR count). The maximum atomic E-state index is 12.8. The van der Waals surface area contributed by atoms with E-state index in [0.29, 0.717) is 31.6 Å². The van der Waals surface area contributed by atoms with Gasteiger partial charge in [0.1, 0.15) is 5.69 Å². The molecule has 1 aliphatic rings. The van der Waals surface area contributed by atoms with Gasteiger partial charge in [-0.05, 0) is 48.6 Å². The Bertz CT molecular complexity index is 1080. The van der Waals surface area contributed by atoms with Crippen LogP contribution < -0.4 is 5.73 Å². The molecule has 2 N–H and O–H groups in total. The van der Waals surface area contributed by atoms with E-state index in [9.17, 15) is 9.59 Å². The molecule has 1 atom stereocenters. The molecule has 2 aromatic carbocycles. The second-order valence-corrected chi connectivity index (χ2v) is 8.04. The number of primary amides is 1. The predicted octanol–water partition coefficient (Wildman–Crippen LogP) is 3.62. The Morgan fingerprint density at radius 2 is 1.87 bits per heavy atom. The van der Waals surface area contributed by atoms with Crippen LogP contribution in [0.5, 0.6) is 0 Å². The van der Waals surface area contributed by atoms with Crippen molar-refractivity contribution in [2.75, 3.05) is 13.1 Å². The summed E-state index contributed by atoms with van der Waals surface area (Å²) in [6.45, 7) is 2.86. The van der Waals surface area contributed by atoms with Crippen LogP contribution in [0, 0.1) is 12.3 Å². The lowest BCUT2D eigenvalue weighted by molar-refractivity contribution is -0.126. The summed E-state index contributed by atoms with van der Waals surface area (Å²) in [6.07, 6.45) is 2.64. The molecule has 30 heavy (non-hydrogen) atoms. The molecular formula is C25H25N3O2. The molecule has 152 valence electrons. The molecular weight excluding hydrogens is 374 g/mol. The number of nitrogens with zero attached hydrogens (tertiary/aromatic N) is 2. The highest BCUT2D eigenvalue weighted by Gasteiger charge is 2.45. The van der Waals surface area contributed by atoms with Crippen LogP contribution in [0.15, 0.2) is 72.9 Å². The number of aromatic nitrogens is 1. The van der Waals surface area contributed by atoms with Crippen molar-refractivity contribution in [3.63, 3.8) is 0 Å². The standard InChI is InChI=1S/C25H25N3O2/c1-18-7-6-9-19(15-18)21-10-3-2-8-20(21)16-25(24(26)30)12-14-28(17-25)23(29)22-11-4-5-13-27-22/h2-11,13,15H,12,14,16-17H2,1H3,(H2,26,30)/t25-/m1/s1. The van der Waals surface area contributed by atoms with Crippen LogP contribution in [0.25, 0.3) is 11.1 Å². The third-order valence-corrected chi connectivity index (χ3v) is 5.92. The highest BCUT2D eigenvalue weighted by Crippen LogP contribution is 2.37. The van der Waals surface area contributed by atoms with Crippen LogP contribution in [0.3, 0.4) is 0 Å². The molecule has 1 fully saturated rings. The lowest BCUT2D eigenvalue weighted by Crippen LogP contribution is -2.42. The van der Waals surface area contributed by atoms with Gasteiger partial charge in [-0.3, -0.25) is 14.6 Å². The van der Waals surface area contributed by atoms with Gasteiger partial charge in [0.25, 0.3) is 5.91 Å². The van der Waals surface area contributed by atoms with Crippen molar-refractivity contribution in [1.29, 1.82) is 0 Å². The van der Waals surface area contributed by atoms with Crippen molar-refractivity contribution in [3.05, 3.63) is 89.7 Å². The molecule has 2 heterocycles. The molecule has 0 radical (unpaired) electrons. The molecule has 0 spiro atoms. The van der Waals surface area contributed by atoms with Crippen molar-refractivity contribution in [2.24, 2.45) is 11.1 Å². The van der Waals surface area contributed by atoms with Gasteiger partial charge in [0.2, 0.25) is 5.91 Å². The first kappa shape index (κ1) is 19.8. The van der Waals surface area contributed by atoms with Gasteiger partial charge in [-0.1, -0.05) is 60.2 Å². The molecule has 0 saturated carbocycles. The Hall–Kier alpha value is -3.47. The minimum Gasteiger partial charge on any atom is -0.369 e. The van der Waals surface area contributed by atoms with Crippen molar-refractivity contribution >= 4 is 11.8 Å². The van der Waals surface area contributed by atoms with E-state index < -0.39 is 5.41 Å². The topological polar surface area (TPSA) is 76.3 Å². The van der Waals surface area contributed by atoms with Gasteiger partial charge < -0.3 is 10.6 Å². The van der Waals surface area contributed by atoms with Crippen molar-refractivity contribution < 1.29 is 9.59 Å². The summed E-state index contributed by atoms with van der Waals surface area (Å²) < 4.78 is 0. The number of pyridine rings is 1. The third-order valence-electron chi connectivity index (χ3n) is 5.92. The molecule has 0 bridgehead atoms. The lowest BCUT2D eigenvalue weighted by Gasteiger charge is -2.27. The molecule has 1 aromatic heterocycles. The number of hydrogen-bond acceptors (Lipinski definition) is 3. The largest absolute Gasteiger partial charge is 0.369 e. The number of hydrogen-bond donors (Lipinski definition) is 1. The summed E-state index contributed by atoms with van der Waals surface area (Å²) in [7, 11) is 0. The fraction of sp³-hybridized carbons (Fsp3) is 0.240. The van der Waals surface area contributed by atoms with E-state index in [1.807, 2.05) is 24.3 Å². The van der Waals surface area contributed by atoms with E-state index in [2.05, 4.69) is 36.2 Å². The molecule has 1 saturated heterocycles. The van der Waals surface area contributed by atoms with Gasteiger partial charge in [-0.25, -0.2) is 0 Å². The number of carbonyl (C=O) groups excluding carboxylic acids is 2. The fourth-order valence-electron chi connectivity index (χ4n) is 4.26. The number of rotatable bonds is 5. The average Bonchev–Trinajstić information content (AvgIpc) is 3.20. The van der Waals surface area contributed by atoms with Crippen LogP contribution >= 0.6 is 0 Å². The van der Waals surface area contributed by atoms with Gasteiger partial charge in [0.05, 0.1) is 5.41 Å². The van der Waals surface area contributed by atoms with Crippen LogP contribution in [0.4, 0.5) is 0 Å². The molecule has 3 aromatic rings.